The van der Waals surface area contributed by atoms with E-state index in [9.17, 15) is 13.2 Å². The van der Waals surface area contributed by atoms with Gasteiger partial charge in [0.15, 0.2) is 0 Å². The number of hydrogen-bond acceptors (Lipinski definition) is 3. The Labute approximate surface area is 130 Å². The zero-order chi connectivity index (χ0) is 16.3. The molecular formula is C16H18N2O3S. The molecule has 0 saturated heterocycles. The summed E-state index contributed by atoms with van der Waals surface area (Å²) in [6, 6.07) is 11.9. The van der Waals surface area contributed by atoms with Crippen molar-refractivity contribution in [3.05, 3.63) is 64.7 Å². The van der Waals surface area contributed by atoms with Crippen molar-refractivity contribution >= 4 is 15.9 Å². The zero-order valence-corrected chi connectivity index (χ0v) is 13.3. The summed E-state index contributed by atoms with van der Waals surface area (Å²) in [6.07, 6.45) is 0. The van der Waals surface area contributed by atoms with Crippen LogP contribution in [0.15, 0.2) is 47.4 Å². The summed E-state index contributed by atoms with van der Waals surface area (Å²) in [4.78, 5) is 11.3. The quantitative estimate of drug-likeness (QED) is 0.882. The third kappa shape index (κ3) is 3.72. The van der Waals surface area contributed by atoms with Crippen molar-refractivity contribution in [2.24, 2.45) is 5.73 Å². The van der Waals surface area contributed by atoms with Crippen LogP contribution in [0.4, 0.5) is 0 Å². The van der Waals surface area contributed by atoms with Crippen LogP contribution >= 0.6 is 0 Å². The number of carbonyl (C=O) groups is 1. The molecule has 0 heterocycles. The number of amides is 1. The van der Waals surface area contributed by atoms with Crippen molar-refractivity contribution in [1.82, 2.24) is 4.72 Å². The first kappa shape index (κ1) is 16.2. The first-order valence-corrected chi connectivity index (χ1v) is 8.23. The fraction of sp³-hybridized carbons (Fsp3) is 0.188. The van der Waals surface area contributed by atoms with Gasteiger partial charge in [0.05, 0.1) is 4.90 Å². The first-order valence-electron chi connectivity index (χ1n) is 6.75. The molecule has 0 aliphatic rings. The highest BCUT2D eigenvalue weighted by molar-refractivity contribution is 7.89. The largest absolute Gasteiger partial charge is 0.366 e. The van der Waals surface area contributed by atoms with Gasteiger partial charge in [-0.25, -0.2) is 13.1 Å². The van der Waals surface area contributed by atoms with E-state index in [4.69, 9.17) is 5.73 Å². The normalized spacial score (nSPS) is 11.4. The third-order valence-corrected chi connectivity index (χ3v) is 4.77. The number of benzene rings is 2. The van der Waals surface area contributed by atoms with Crippen LogP contribution in [0.2, 0.25) is 0 Å². The van der Waals surface area contributed by atoms with Gasteiger partial charge in [-0.2, -0.15) is 0 Å². The molecule has 6 heteroatoms. The maximum absolute atomic E-state index is 12.3. The van der Waals surface area contributed by atoms with Crippen LogP contribution in [-0.4, -0.2) is 14.3 Å². The van der Waals surface area contributed by atoms with Gasteiger partial charge in [0.25, 0.3) is 0 Å². The van der Waals surface area contributed by atoms with Crippen LogP contribution in [0.5, 0.6) is 0 Å². The van der Waals surface area contributed by atoms with Gasteiger partial charge in [-0.05, 0) is 37.1 Å². The van der Waals surface area contributed by atoms with Gasteiger partial charge >= 0.3 is 0 Å². The van der Waals surface area contributed by atoms with E-state index in [-0.39, 0.29) is 17.0 Å². The van der Waals surface area contributed by atoms with Crippen molar-refractivity contribution in [2.45, 2.75) is 25.3 Å². The molecule has 0 saturated carbocycles. The molecular weight excluding hydrogens is 300 g/mol. The van der Waals surface area contributed by atoms with Gasteiger partial charge in [0.2, 0.25) is 15.9 Å². The molecule has 0 fully saturated rings. The Morgan fingerprint density at radius 3 is 2.32 bits per heavy atom. The molecule has 2 aromatic rings. The van der Waals surface area contributed by atoms with E-state index in [1.165, 1.54) is 12.1 Å². The molecule has 0 radical (unpaired) electrons. The second-order valence-corrected chi connectivity index (χ2v) is 6.92. The lowest BCUT2D eigenvalue weighted by molar-refractivity contribution is 0.0999. The molecule has 0 aromatic heterocycles. The minimum Gasteiger partial charge on any atom is -0.366 e. The molecule has 2 rings (SSSR count). The Morgan fingerprint density at radius 2 is 1.73 bits per heavy atom. The summed E-state index contributed by atoms with van der Waals surface area (Å²) in [5.74, 6) is -0.645. The van der Waals surface area contributed by atoms with Crippen molar-refractivity contribution in [3.8, 4) is 0 Å². The number of primary amides is 1. The standard InChI is InChI=1S/C16H18N2O3S/c1-11-3-6-13(7-4-11)10-18-22(20,21)14-8-5-12(2)15(9-14)16(17)19/h3-9,18H,10H2,1-2H3,(H2,17,19). The average Bonchev–Trinajstić information content (AvgIpc) is 2.46. The fourth-order valence-electron chi connectivity index (χ4n) is 2.00. The summed E-state index contributed by atoms with van der Waals surface area (Å²) in [7, 11) is -3.70. The monoisotopic (exact) mass is 318 g/mol. The van der Waals surface area contributed by atoms with E-state index in [0.29, 0.717) is 5.56 Å². The van der Waals surface area contributed by atoms with Gasteiger partial charge in [-0.15, -0.1) is 0 Å². The molecule has 2 aromatic carbocycles. The van der Waals surface area contributed by atoms with Crippen LogP contribution in [0.1, 0.15) is 27.0 Å². The van der Waals surface area contributed by atoms with Gasteiger partial charge < -0.3 is 5.73 Å². The van der Waals surface area contributed by atoms with Crippen molar-refractivity contribution in [3.63, 3.8) is 0 Å². The van der Waals surface area contributed by atoms with Gasteiger partial charge in [-0.1, -0.05) is 35.9 Å². The average molecular weight is 318 g/mol. The smallest absolute Gasteiger partial charge is 0.249 e. The van der Waals surface area contributed by atoms with Gasteiger partial charge in [0.1, 0.15) is 0 Å². The van der Waals surface area contributed by atoms with Crippen molar-refractivity contribution in [1.29, 1.82) is 0 Å². The van der Waals surface area contributed by atoms with Crippen LogP contribution in [-0.2, 0) is 16.6 Å². The summed E-state index contributed by atoms with van der Waals surface area (Å²) in [5.41, 5.74) is 8.07. The summed E-state index contributed by atoms with van der Waals surface area (Å²) in [6.45, 7) is 3.85. The molecule has 1 amide bonds. The molecule has 22 heavy (non-hydrogen) atoms. The second-order valence-electron chi connectivity index (χ2n) is 5.15. The van der Waals surface area contributed by atoms with Gasteiger partial charge in [-0.3, -0.25) is 4.79 Å². The fourth-order valence-corrected chi connectivity index (χ4v) is 3.04. The zero-order valence-electron chi connectivity index (χ0n) is 12.5. The Morgan fingerprint density at radius 1 is 1.09 bits per heavy atom. The molecule has 0 aliphatic carbocycles. The van der Waals surface area contributed by atoms with Crippen LogP contribution in [0.3, 0.4) is 0 Å². The number of hydrogen-bond donors (Lipinski definition) is 2. The molecule has 0 atom stereocenters. The Bertz CT molecular complexity index is 797. The number of aryl methyl sites for hydroxylation is 2. The lowest BCUT2D eigenvalue weighted by atomic mass is 10.1. The number of carbonyl (C=O) groups excluding carboxylic acids is 1. The number of rotatable bonds is 5. The van der Waals surface area contributed by atoms with E-state index in [1.54, 1.807) is 13.0 Å². The van der Waals surface area contributed by atoms with Crippen LogP contribution < -0.4 is 10.5 Å². The SMILES string of the molecule is Cc1ccc(CNS(=O)(=O)c2ccc(C)c(C(N)=O)c2)cc1. The van der Waals surface area contributed by atoms with Crippen LogP contribution in [0.25, 0.3) is 0 Å². The molecule has 0 aliphatic heterocycles. The summed E-state index contributed by atoms with van der Waals surface area (Å²) >= 11 is 0. The van der Waals surface area contributed by atoms with E-state index < -0.39 is 15.9 Å². The number of nitrogens with one attached hydrogen (secondary N) is 1. The molecule has 0 unspecified atom stereocenters. The highest BCUT2D eigenvalue weighted by Gasteiger charge is 2.16. The predicted molar refractivity (Wildman–Crippen MR) is 84.9 cm³/mol. The molecule has 116 valence electrons. The van der Waals surface area contributed by atoms with Crippen molar-refractivity contribution in [2.75, 3.05) is 0 Å². The summed E-state index contributed by atoms with van der Waals surface area (Å²) < 4.78 is 27.1. The van der Waals surface area contributed by atoms with E-state index in [1.807, 2.05) is 31.2 Å². The number of nitrogens with two attached hydrogens (primary N) is 1. The molecule has 0 bridgehead atoms. The Hall–Kier alpha value is -2.18. The van der Waals surface area contributed by atoms with E-state index in [2.05, 4.69) is 4.72 Å². The van der Waals surface area contributed by atoms with Crippen LogP contribution in [0, 0.1) is 13.8 Å². The lowest BCUT2D eigenvalue weighted by Crippen LogP contribution is -2.24. The highest BCUT2D eigenvalue weighted by atomic mass is 32.2. The predicted octanol–water partition coefficient (Wildman–Crippen LogP) is 1.88. The molecule has 5 nitrogen and oxygen atoms in total. The molecule has 3 N–H and O–H groups in total. The van der Waals surface area contributed by atoms with Gasteiger partial charge in [0, 0.05) is 12.1 Å². The Kier molecular flexibility index (Phi) is 4.63. The van der Waals surface area contributed by atoms with Crippen molar-refractivity contribution < 1.29 is 13.2 Å². The maximum Gasteiger partial charge on any atom is 0.249 e. The third-order valence-electron chi connectivity index (χ3n) is 3.37. The second kappa shape index (κ2) is 6.29. The first-order chi connectivity index (χ1) is 10.3. The summed E-state index contributed by atoms with van der Waals surface area (Å²) in [5, 5.41) is 0. The maximum atomic E-state index is 12.3. The Balaban J connectivity index is 2.21. The minimum absolute atomic E-state index is 0.0269. The van der Waals surface area contributed by atoms with E-state index in [0.717, 1.165) is 11.1 Å². The lowest BCUT2D eigenvalue weighted by Gasteiger charge is -2.09. The minimum atomic E-state index is -3.70. The molecule has 0 spiro atoms. The van der Waals surface area contributed by atoms with E-state index >= 15 is 0 Å². The topological polar surface area (TPSA) is 89.3 Å². The number of sulfonamides is 1. The highest BCUT2D eigenvalue weighted by Crippen LogP contribution is 2.15.